The van der Waals surface area contributed by atoms with E-state index in [1.165, 1.54) is 17.7 Å². The van der Waals surface area contributed by atoms with Gasteiger partial charge in [0, 0.05) is 26.2 Å². The lowest BCUT2D eigenvalue weighted by Crippen LogP contribution is -2.51. The highest BCUT2D eigenvalue weighted by Crippen LogP contribution is 2.21. The predicted octanol–water partition coefficient (Wildman–Crippen LogP) is 1.38. The molecule has 0 aromatic rings. The van der Waals surface area contributed by atoms with Crippen molar-refractivity contribution >= 4 is 6.03 Å². The van der Waals surface area contributed by atoms with Crippen LogP contribution >= 0.6 is 0 Å². The Morgan fingerprint density at radius 2 is 2.00 bits per heavy atom. The van der Waals surface area contributed by atoms with Crippen LogP contribution < -0.4 is 5.32 Å². The van der Waals surface area contributed by atoms with Crippen molar-refractivity contribution in [3.8, 4) is 0 Å². The summed E-state index contributed by atoms with van der Waals surface area (Å²) in [4.78, 5) is 15.9. The molecule has 5 nitrogen and oxygen atoms in total. The SMILES string of the molecule is CC1CCN(C(CNC(=O)N(C)CCO)C(C)C)CC1. The van der Waals surface area contributed by atoms with E-state index in [0.717, 1.165) is 19.0 Å². The Kier molecular flexibility index (Phi) is 7.30. The molecule has 118 valence electrons. The highest BCUT2D eigenvalue weighted by Gasteiger charge is 2.26. The zero-order valence-electron chi connectivity index (χ0n) is 13.4. The zero-order chi connectivity index (χ0) is 15.1. The summed E-state index contributed by atoms with van der Waals surface area (Å²) in [6, 6.07) is 0.295. The van der Waals surface area contributed by atoms with E-state index in [1.54, 1.807) is 7.05 Å². The maximum atomic E-state index is 11.9. The normalized spacial score (nSPS) is 19.1. The molecule has 1 aliphatic rings. The van der Waals surface area contributed by atoms with Gasteiger partial charge in [-0.1, -0.05) is 20.8 Å². The van der Waals surface area contributed by atoms with E-state index in [0.29, 0.717) is 25.0 Å². The molecule has 2 N–H and O–H groups in total. The molecule has 1 unspecified atom stereocenters. The number of nitrogens with one attached hydrogen (secondary N) is 1. The number of amides is 2. The van der Waals surface area contributed by atoms with Gasteiger partial charge in [-0.25, -0.2) is 4.79 Å². The Labute approximate surface area is 123 Å². The van der Waals surface area contributed by atoms with Gasteiger partial charge in [-0.05, 0) is 37.8 Å². The monoisotopic (exact) mass is 285 g/mol. The second-order valence-corrected chi connectivity index (χ2v) is 6.36. The molecule has 0 radical (unpaired) electrons. The summed E-state index contributed by atoms with van der Waals surface area (Å²) in [6.07, 6.45) is 2.50. The third-order valence-corrected chi connectivity index (χ3v) is 4.30. The number of carbonyl (C=O) groups is 1. The van der Waals surface area contributed by atoms with Crippen molar-refractivity contribution in [2.45, 2.75) is 39.7 Å². The number of urea groups is 1. The fourth-order valence-electron chi connectivity index (χ4n) is 2.73. The summed E-state index contributed by atoms with van der Waals surface area (Å²) < 4.78 is 0. The number of hydrogen-bond donors (Lipinski definition) is 2. The molecule has 1 atom stereocenters. The van der Waals surface area contributed by atoms with Crippen LogP contribution in [0.3, 0.4) is 0 Å². The standard InChI is InChI=1S/C15H31N3O2/c1-12(2)14(18-7-5-13(3)6-8-18)11-16-15(20)17(4)9-10-19/h12-14,19H,5-11H2,1-4H3,(H,16,20). The smallest absolute Gasteiger partial charge is 0.317 e. The van der Waals surface area contributed by atoms with Gasteiger partial charge in [0.05, 0.1) is 6.61 Å². The third kappa shape index (κ3) is 5.29. The van der Waals surface area contributed by atoms with Crippen LogP contribution in [0.15, 0.2) is 0 Å². The highest BCUT2D eigenvalue weighted by atomic mass is 16.3. The number of aliphatic hydroxyl groups excluding tert-OH is 1. The average molecular weight is 285 g/mol. The van der Waals surface area contributed by atoms with E-state index in [9.17, 15) is 4.79 Å². The van der Waals surface area contributed by atoms with Crippen molar-refractivity contribution in [3.63, 3.8) is 0 Å². The fraction of sp³-hybridized carbons (Fsp3) is 0.933. The maximum Gasteiger partial charge on any atom is 0.317 e. The number of likely N-dealkylation sites (N-methyl/N-ethyl adjacent to an activating group) is 1. The van der Waals surface area contributed by atoms with Crippen molar-refractivity contribution in [1.29, 1.82) is 0 Å². The molecule has 1 fully saturated rings. The van der Waals surface area contributed by atoms with Gasteiger partial charge in [0.25, 0.3) is 0 Å². The molecule has 5 heteroatoms. The van der Waals surface area contributed by atoms with Gasteiger partial charge in [0.2, 0.25) is 0 Å². The molecule has 1 aliphatic heterocycles. The number of rotatable bonds is 6. The summed E-state index contributed by atoms with van der Waals surface area (Å²) >= 11 is 0. The van der Waals surface area contributed by atoms with Crippen LogP contribution in [0, 0.1) is 11.8 Å². The molecule has 2 amide bonds. The Balaban J connectivity index is 2.45. The summed E-state index contributed by atoms with van der Waals surface area (Å²) in [5.74, 6) is 1.34. The summed E-state index contributed by atoms with van der Waals surface area (Å²) in [7, 11) is 1.71. The van der Waals surface area contributed by atoms with E-state index >= 15 is 0 Å². The van der Waals surface area contributed by atoms with Crippen molar-refractivity contribution in [2.24, 2.45) is 11.8 Å². The Bertz CT molecular complexity index is 289. The van der Waals surface area contributed by atoms with Gasteiger partial charge in [-0.2, -0.15) is 0 Å². The molecule has 0 bridgehead atoms. The first kappa shape index (κ1) is 17.2. The molecule has 1 heterocycles. The Hall–Kier alpha value is -0.810. The molecule has 1 saturated heterocycles. The third-order valence-electron chi connectivity index (χ3n) is 4.30. The number of piperidine rings is 1. The summed E-state index contributed by atoms with van der Waals surface area (Å²) in [6.45, 7) is 10.1. The second kappa shape index (κ2) is 8.47. The van der Waals surface area contributed by atoms with Crippen molar-refractivity contribution in [3.05, 3.63) is 0 Å². The molecule has 0 spiro atoms. The molecule has 20 heavy (non-hydrogen) atoms. The van der Waals surface area contributed by atoms with Crippen LogP contribution in [0.4, 0.5) is 4.79 Å². The minimum absolute atomic E-state index is 0.00153. The van der Waals surface area contributed by atoms with Gasteiger partial charge in [0.1, 0.15) is 0 Å². The van der Waals surface area contributed by atoms with Gasteiger partial charge in [0.15, 0.2) is 0 Å². The van der Waals surface area contributed by atoms with Crippen LogP contribution in [0.2, 0.25) is 0 Å². The Morgan fingerprint density at radius 3 is 2.50 bits per heavy atom. The molecule has 0 aromatic heterocycles. The zero-order valence-corrected chi connectivity index (χ0v) is 13.4. The highest BCUT2D eigenvalue weighted by molar-refractivity contribution is 5.73. The van der Waals surface area contributed by atoms with Gasteiger partial charge < -0.3 is 15.3 Å². The second-order valence-electron chi connectivity index (χ2n) is 6.36. The minimum atomic E-state index is -0.102. The molecule has 0 aromatic carbocycles. The first-order chi connectivity index (χ1) is 9.45. The van der Waals surface area contributed by atoms with Crippen LogP contribution in [-0.2, 0) is 0 Å². The topological polar surface area (TPSA) is 55.8 Å². The Morgan fingerprint density at radius 1 is 1.40 bits per heavy atom. The van der Waals surface area contributed by atoms with E-state index in [1.807, 2.05) is 0 Å². The molecule has 1 rings (SSSR count). The van der Waals surface area contributed by atoms with Gasteiger partial charge >= 0.3 is 6.03 Å². The number of aliphatic hydroxyl groups is 1. The average Bonchev–Trinajstić information content (AvgIpc) is 2.40. The number of carbonyl (C=O) groups excluding carboxylic acids is 1. The summed E-state index contributed by atoms with van der Waals surface area (Å²) in [5, 5.41) is 11.8. The van der Waals surface area contributed by atoms with Crippen molar-refractivity contribution in [2.75, 3.05) is 39.8 Å². The molecule has 0 saturated carbocycles. The predicted molar refractivity (Wildman–Crippen MR) is 81.7 cm³/mol. The maximum absolute atomic E-state index is 11.9. The lowest BCUT2D eigenvalue weighted by molar-refractivity contribution is 0.106. The first-order valence-corrected chi connectivity index (χ1v) is 7.79. The molecular formula is C15H31N3O2. The number of likely N-dealkylation sites (tertiary alicyclic amines) is 1. The lowest BCUT2D eigenvalue weighted by Gasteiger charge is -2.39. The fourth-order valence-corrected chi connectivity index (χ4v) is 2.73. The van der Waals surface area contributed by atoms with Crippen LogP contribution in [0.5, 0.6) is 0 Å². The van der Waals surface area contributed by atoms with Gasteiger partial charge in [-0.3, -0.25) is 4.90 Å². The quantitative estimate of drug-likeness (QED) is 0.775. The largest absolute Gasteiger partial charge is 0.395 e. The van der Waals surface area contributed by atoms with Crippen LogP contribution in [0.1, 0.15) is 33.6 Å². The lowest BCUT2D eigenvalue weighted by atomic mass is 9.94. The van der Waals surface area contributed by atoms with E-state index in [2.05, 4.69) is 31.0 Å². The minimum Gasteiger partial charge on any atom is -0.395 e. The van der Waals surface area contributed by atoms with Crippen molar-refractivity contribution in [1.82, 2.24) is 15.1 Å². The number of nitrogens with zero attached hydrogens (tertiary/aromatic N) is 2. The van der Waals surface area contributed by atoms with E-state index in [4.69, 9.17) is 5.11 Å². The van der Waals surface area contributed by atoms with Crippen molar-refractivity contribution < 1.29 is 9.90 Å². The van der Waals surface area contributed by atoms with Gasteiger partial charge in [-0.15, -0.1) is 0 Å². The summed E-state index contributed by atoms with van der Waals surface area (Å²) in [5.41, 5.74) is 0. The molecular weight excluding hydrogens is 254 g/mol. The first-order valence-electron chi connectivity index (χ1n) is 7.79. The van der Waals surface area contributed by atoms with E-state index in [-0.39, 0.29) is 12.6 Å². The molecule has 0 aliphatic carbocycles. The number of hydrogen-bond acceptors (Lipinski definition) is 3. The van der Waals surface area contributed by atoms with Crippen LogP contribution in [-0.4, -0.2) is 66.8 Å². The van der Waals surface area contributed by atoms with E-state index < -0.39 is 0 Å². The van der Waals surface area contributed by atoms with Crippen LogP contribution in [0.25, 0.3) is 0 Å².